The van der Waals surface area contributed by atoms with Crippen LogP contribution in [-0.4, -0.2) is 56.3 Å². The van der Waals surface area contributed by atoms with Crippen LogP contribution in [0.2, 0.25) is 0 Å². The Labute approximate surface area is 141 Å². The first-order chi connectivity index (χ1) is 11.7. The molecule has 0 saturated carbocycles. The third-order valence-corrected chi connectivity index (χ3v) is 5.06. The minimum atomic E-state index is -0.00539. The van der Waals surface area contributed by atoms with E-state index in [1.54, 1.807) is 18.6 Å². The molecule has 0 aliphatic carbocycles. The van der Waals surface area contributed by atoms with E-state index in [1.807, 2.05) is 24.1 Å². The van der Waals surface area contributed by atoms with Gasteiger partial charge in [0.2, 0.25) is 0 Å². The molecule has 6 nitrogen and oxygen atoms in total. The van der Waals surface area contributed by atoms with Gasteiger partial charge in [-0.3, -0.25) is 19.7 Å². The number of carbonyl (C=O) groups excluding carboxylic acids is 1. The van der Waals surface area contributed by atoms with Crippen LogP contribution >= 0.6 is 0 Å². The molecule has 2 fully saturated rings. The highest BCUT2D eigenvalue weighted by atomic mass is 16.2. The quantitative estimate of drug-likeness (QED) is 0.857. The van der Waals surface area contributed by atoms with Crippen molar-refractivity contribution in [2.45, 2.75) is 25.9 Å². The number of aromatic nitrogens is 3. The van der Waals surface area contributed by atoms with Crippen molar-refractivity contribution in [2.24, 2.45) is 5.92 Å². The van der Waals surface area contributed by atoms with Gasteiger partial charge < -0.3 is 4.90 Å². The molecule has 6 heteroatoms. The average molecular weight is 323 g/mol. The molecule has 2 aliphatic rings. The standard InChI is InChI=1S/C18H21N5O/c1-13-7-21-16(9-20-13)18(24)22-6-4-15-11-23(17(15)12-22)10-14-3-2-5-19-8-14/h2-3,5,7-9,15,17H,4,6,10-12H2,1H3/t15-,17-/m1/s1. The predicted molar refractivity (Wildman–Crippen MR) is 89.2 cm³/mol. The lowest BCUT2D eigenvalue weighted by Gasteiger charge is -2.53. The molecule has 124 valence electrons. The van der Waals surface area contributed by atoms with E-state index in [4.69, 9.17) is 0 Å². The molecule has 2 aliphatic heterocycles. The zero-order valence-electron chi connectivity index (χ0n) is 13.8. The second-order valence-corrected chi connectivity index (χ2v) is 6.70. The van der Waals surface area contributed by atoms with Gasteiger partial charge in [-0.2, -0.15) is 0 Å². The Bertz CT molecular complexity index is 718. The van der Waals surface area contributed by atoms with Crippen molar-refractivity contribution >= 4 is 5.91 Å². The second kappa shape index (κ2) is 6.28. The minimum absolute atomic E-state index is 0.00539. The summed E-state index contributed by atoms with van der Waals surface area (Å²) in [4.78, 5) is 29.6. The summed E-state index contributed by atoms with van der Waals surface area (Å²) in [5.74, 6) is 0.698. The fraction of sp³-hybridized carbons (Fsp3) is 0.444. The Balaban J connectivity index is 1.41. The first-order valence-corrected chi connectivity index (χ1v) is 8.41. The molecule has 0 radical (unpaired) electrons. The number of hydrogen-bond donors (Lipinski definition) is 0. The van der Waals surface area contributed by atoms with Gasteiger partial charge in [0.25, 0.3) is 5.91 Å². The Morgan fingerprint density at radius 3 is 2.92 bits per heavy atom. The van der Waals surface area contributed by atoms with Crippen molar-refractivity contribution in [3.05, 3.63) is 53.9 Å². The van der Waals surface area contributed by atoms with Gasteiger partial charge in [0.05, 0.1) is 11.9 Å². The first-order valence-electron chi connectivity index (χ1n) is 8.41. The molecule has 2 aromatic rings. The Morgan fingerprint density at radius 2 is 2.17 bits per heavy atom. The van der Waals surface area contributed by atoms with E-state index in [0.29, 0.717) is 17.7 Å². The van der Waals surface area contributed by atoms with Gasteiger partial charge in [-0.25, -0.2) is 4.98 Å². The van der Waals surface area contributed by atoms with Gasteiger partial charge in [-0.1, -0.05) is 6.07 Å². The third kappa shape index (κ3) is 2.89. The topological polar surface area (TPSA) is 62.2 Å². The number of rotatable bonds is 3. The fourth-order valence-electron chi connectivity index (χ4n) is 3.66. The number of likely N-dealkylation sites (tertiary alicyclic amines) is 2. The van der Waals surface area contributed by atoms with Gasteiger partial charge in [0.15, 0.2) is 0 Å². The van der Waals surface area contributed by atoms with E-state index >= 15 is 0 Å². The number of carbonyl (C=O) groups is 1. The Kier molecular flexibility index (Phi) is 3.98. The molecular weight excluding hydrogens is 302 g/mol. The number of hydrogen-bond acceptors (Lipinski definition) is 5. The maximum Gasteiger partial charge on any atom is 0.274 e. The van der Waals surface area contributed by atoms with Crippen LogP contribution in [0.25, 0.3) is 0 Å². The van der Waals surface area contributed by atoms with E-state index in [9.17, 15) is 4.79 Å². The van der Waals surface area contributed by atoms with Crippen LogP contribution in [0, 0.1) is 12.8 Å². The highest BCUT2D eigenvalue weighted by molar-refractivity contribution is 5.92. The van der Waals surface area contributed by atoms with Gasteiger partial charge in [0.1, 0.15) is 5.69 Å². The summed E-state index contributed by atoms with van der Waals surface area (Å²) in [6, 6.07) is 4.52. The van der Waals surface area contributed by atoms with Crippen LogP contribution in [0.5, 0.6) is 0 Å². The van der Waals surface area contributed by atoms with E-state index in [0.717, 1.165) is 38.3 Å². The largest absolute Gasteiger partial charge is 0.336 e. The molecule has 0 bridgehead atoms. The number of fused-ring (bicyclic) bond motifs is 1. The summed E-state index contributed by atoms with van der Waals surface area (Å²) >= 11 is 0. The van der Waals surface area contributed by atoms with Crippen molar-refractivity contribution in [1.29, 1.82) is 0 Å². The van der Waals surface area contributed by atoms with E-state index in [2.05, 4.69) is 25.9 Å². The zero-order valence-corrected chi connectivity index (χ0v) is 13.8. The van der Waals surface area contributed by atoms with Crippen LogP contribution in [0.4, 0.5) is 0 Å². The van der Waals surface area contributed by atoms with Gasteiger partial charge in [-0.15, -0.1) is 0 Å². The maximum absolute atomic E-state index is 12.6. The zero-order chi connectivity index (χ0) is 16.5. The monoisotopic (exact) mass is 323 g/mol. The normalized spacial score (nSPS) is 23.5. The summed E-state index contributed by atoms with van der Waals surface area (Å²) in [6.45, 7) is 5.49. The van der Waals surface area contributed by atoms with Crippen LogP contribution in [0.15, 0.2) is 36.9 Å². The second-order valence-electron chi connectivity index (χ2n) is 6.70. The smallest absolute Gasteiger partial charge is 0.274 e. The highest BCUT2D eigenvalue weighted by Gasteiger charge is 2.43. The molecule has 24 heavy (non-hydrogen) atoms. The summed E-state index contributed by atoms with van der Waals surface area (Å²) in [6.07, 6.45) is 8.02. The average Bonchev–Trinajstić information content (AvgIpc) is 2.61. The van der Waals surface area contributed by atoms with Gasteiger partial charge in [-0.05, 0) is 30.9 Å². The lowest BCUT2D eigenvalue weighted by atomic mass is 9.82. The number of nitrogens with zero attached hydrogens (tertiary/aromatic N) is 5. The third-order valence-electron chi connectivity index (χ3n) is 5.06. The number of pyridine rings is 1. The van der Waals surface area contributed by atoms with E-state index < -0.39 is 0 Å². The molecule has 1 amide bonds. The van der Waals surface area contributed by atoms with Crippen molar-refractivity contribution in [3.63, 3.8) is 0 Å². The summed E-state index contributed by atoms with van der Waals surface area (Å²) in [7, 11) is 0. The molecular formula is C18H21N5O. The molecule has 0 spiro atoms. The van der Waals surface area contributed by atoms with Crippen LogP contribution in [0.1, 0.15) is 28.2 Å². The fourth-order valence-corrected chi connectivity index (χ4v) is 3.66. The lowest BCUT2D eigenvalue weighted by molar-refractivity contribution is -0.0429. The lowest BCUT2D eigenvalue weighted by Crippen LogP contribution is -2.64. The predicted octanol–water partition coefficient (Wildman–Crippen LogP) is 1.53. The minimum Gasteiger partial charge on any atom is -0.336 e. The van der Waals surface area contributed by atoms with Crippen molar-refractivity contribution in [1.82, 2.24) is 24.8 Å². The highest BCUT2D eigenvalue weighted by Crippen LogP contribution is 2.33. The summed E-state index contributed by atoms with van der Waals surface area (Å²) < 4.78 is 0. The maximum atomic E-state index is 12.6. The Morgan fingerprint density at radius 1 is 1.25 bits per heavy atom. The number of aryl methyl sites for hydroxylation is 1. The van der Waals surface area contributed by atoms with Gasteiger partial charge in [0, 0.05) is 50.8 Å². The molecule has 0 unspecified atom stereocenters. The summed E-state index contributed by atoms with van der Waals surface area (Å²) in [5.41, 5.74) is 2.49. The molecule has 2 aromatic heterocycles. The molecule has 0 N–H and O–H groups in total. The molecule has 2 atom stereocenters. The van der Waals surface area contributed by atoms with Gasteiger partial charge >= 0.3 is 0 Å². The van der Waals surface area contributed by atoms with Crippen LogP contribution in [0.3, 0.4) is 0 Å². The van der Waals surface area contributed by atoms with Crippen molar-refractivity contribution in [2.75, 3.05) is 19.6 Å². The summed E-state index contributed by atoms with van der Waals surface area (Å²) in [5, 5.41) is 0. The molecule has 4 rings (SSSR count). The number of amides is 1. The van der Waals surface area contributed by atoms with Crippen LogP contribution in [-0.2, 0) is 6.54 Å². The molecule has 0 aromatic carbocycles. The van der Waals surface area contributed by atoms with E-state index in [-0.39, 0.29) is 5.91 Å². The first kappa shape index (κ1) is 15.2. The van der Waals surface area contributed by atoms with E-state index in [1.165, 1.54) is 5.56 Å². The van der Waals surface area contributed by atoms with Crippen molar-refractivity contribution < 1.29 is 4.79 Å². The number of piperidine rings is 1. The SMILES string of the molecule is Cc1cnc(C(=O)N2CC[C@@H]3CN(Cc4cccnc4)[C@@H]3C2)cn1. The van der Waals surface area contributed by atoms with Crippen LogP contribution < -0.4 is 0 Å². The molecule has 4 heterocycles. The van der Waals surface area contributed by atoms with Crippen molar-refractivity contribution in [3.8, 4) is 0 Å². The molecule has 2 saturated heterocycles. The Hall–Kier alpha value is -2.34.